The highest BCUT2D eigenvalue weighted by molar-refractivity contribution is 5.77. The number of rotatable bonds is 5. The molecule has 1 atom stereocenters. The van der Waals surface area contributed by atoms with E-state index in [-0.39, 0.29) is 5.41 Å². The van der Waals surface area contributed by atoms with Crippen molar-refractivity contribution in [2.24, 2.45) is 5.41 Å². The Morgan fingerprint density at radius 1 is 1.26 bits per heavy atom. The Bertz CT molecular complexity index is 522. The molecule has 0 unspecified atom stereocenters. The van der Waals surface area contributed by atoms with Crippen molar-refractivity contribution in [3.8, 4) is 0 Å². The van der Waals surface area contributed by atoms with Gasteiger partial charge in [-0.15, -0.1) is 0 Å². The minimum atomic E-state index is 0.271. The largest absolute Gasteiger partial charge is 0.383 e. The van der Waals surface area contributed by atoms with E-state index >= 15 is 0 Å². The lowest BCUT2D eigenvalue weighted by Gasteiger charge is -2.48. The third-order valence-electron chi connectivity index (χ3n) is 5.21. The molecule has 2 fully saturated rings. The summed E-state index contributed by atoms with van der Waals surface area (Å²) in [5.41, 5.74) is 1.59. The number of carbonyl (C=O) groups is 1. The van der Waals surface area contributed by atoms with Crippen molar-refractivity contribution in [1.29, 1.82) is 0 Å². The number of piperidine rings is 2. The van der Waals surface area contributed by atoms with Crippen LogP contribution in [0.5, 0.6) is 0 Å². The quantitative estimate of drug-likeness (QED) is 0.832. The lowest BCUT2D eigenvalue weighted by molar-refractivity contribution is -0.140. The van der Waals surface area contributed by atoms with Crippen LogP contribution in [0.2, 0.25) is 0 Å². The van der Waals surface area contributed by atoms with Crippen LogP contribution in [0.3, 0.4) is 0 Å². The fourth-order valence-corrected chi connectivity index (χ4v) is 4.03. The lowest BCUT2D eigenvalue weighted by atomic mass is 9.73. The summed E-state index contributed by atoms with van der Waals surface area (Å²) in [4.78, 5) is 20.8. The maximum absolute atomic E-state index is 12.1. The third-order valence-corrected chi connectivity index (χ3v) is 5.21. The molecule has 3 rings (SSSR count). The van der Waals surface area contributed by atoms with Gasteiger partial charge in [-0.3, -0.25) is 14.7 Å². The smallest absolute Gasteiger partial charge is 0.222 e. The zero-order valence-electron chi connectivity index (χ0n) is 14.0. The minimum Gasteiger partial charge on any atom is -0.383 e. The number of pyridine rings is 1. The SMILES string of the molecule is COCCN1C[C@@]2(CCCN(Cc3ccncc3)C2)CCC1=O. The van der Waals surface area contributed by atoms with Crippen LogP contribution in [0.15, 0.2) is 24.5 Å². The molecule has 0 radical (unpaired) electrons. The summed E-state index contributed by atoms with van der Waals surface area (Å²) in [5.74, 6) is 0.291. The highest BCUT2D eigenvalue weighted by Crippen LogP contribution is 2.39. The first-order valence-corrected chi connectivity index (χ1v) is 8.59. The molecule has 0 saturated carbocycles. The van der Waals surface area contributed by atoms with Crippen molar-refractivity contribution < 1.29 is 9.53 Å². The van der Waals surface area contributed by atoms with Gasteiger partial charge in [-0.1, -0.05) is 0 Å². The number of amides is 1. The van der Waals surface area contributed by atoms with Gasteiger partial charge >= 0.3 is 0 Å². The fourth-order valence-electron chi connectivity index (χ4n) is 4.03. The predicted octanol–water partition coefficient (Wildman–Crippen LogP) is 1.93. The first-order valence-electron chi connectivity index (χ1n) is 8.59. The van der Waals surface area contributed by atoms with Gasteiger partial charge in [0, 0.05) is 57.5 Å². The third kappa shape index (κ3) is 4.09. The van der Waals surface area contributed by atoms with Crippen LogP contribution in [0.4, 0.5) is 0 Å². The first kappa shape index (κ1) is 16.4. The predicted molar refractivity (Wildman–Crippen MR) is 88.9 cm³/mol. The molecule has 0 aromatic carbocycles. The molecule has 2 saturated heterocycles. The Hall–Kier alpha value is -1.46. The maximum atomic E-state index is 12.1. The molecular formula is C18H27N3O2. The van der Waals surface area contributed by atoms with E-state index in [0.717, 1.165) is 39.1 Å². The van der Waals surface area contributed by atoms with Crippen LogP contribution < -0.4 is 0 Å². The second-order valence-corrected chi connectivity index (χ2v) is 6.98. The van der Waals surface area contributed by atoms with E-state index in [1.807, 2.05) is 17.3 Å². The van der Waals surface area contributed by atoms with Gasteiger partial charge in [0.05, 0.1) is 6.61 Å². The van der Waals surface area contributed by atoms with Crippen LogP contribution in [0.25, 0.3) is 0 Å². The molecule has 23 heavy (non-hydrogen) atoms. The standard InChI is InChI=1S/C18H27N3O2/c1-23-12-11-21-15-18(7-3-17(21)22)6-2-10-20(14-18)13-16-4-8-19-9-5-16/h4-5,8-9H,2-3,6-7,10-15H2,1H3/t18-/m0/s1. The summed E-state index contributed by atoms with van der Waals surface area (Å²) >= 11 is 0. The van der Waals surface area contributed by atoms with E-state index in [1.54, 1.807) is 7.11 Å². The van der Waals surface area contributed by atoms with Crippen molar-refractivity contribution in [3.05, 3.63) is 30.1 Å². The molecule has 2 aliphatic rings. The average Bonchev–Trinajstić information content (AvgIpc) is 2.57. The molecule has 0 bridgehead atoms. The Kier molecular flexibility index (Phi) is 5.28. The zero-order chi connectivity index (χ0) is 16.1. The molecule has 3 heterocycles. The van der Waals surface area contributed by atoms with Crippen molar-refractivity contribution in [1.82, 2.24) is 14.8 Å². The summed E-state index contributed by atoms with van der Waals surface area (Å²) in [6.07, 6.45) is 7.89. The molecule has 5 nitrogen and oxygen atoms in total. The zero-order valence-corrected chi connectivity index (χ0v) is 14.0. The Labute approximate surface area is 138 Å². The van der Waals surface area contributed by atoms with Crippen molar-refractivity contribution in [2.45, 2.75) is 32.2 Å². The Morgan fingerprint density at radius 3 is 2.87 bits per heavy atom. The van der Waals surface area contributed by atoms with Gasteiger partial charge in [0.15, 0.2) is 0 Å². The average molecular weight is 317 g/mol. The van der Waals surface area contributed by atoms with E-state index in [0.29, 0.717) is 18.9 Å². The highest BCUT2D eigenvalue weighted by atomic mass is 16.5. The molecule has 1 aromatic rings. The fraction of sp³-hybridized carbons (Fsp3) is 0.667. The number of nitrogens with zero attached hydrogens (tertiary/aromatic N) is 3. The Morgan fingerprint density at radius 2 is 2.09 bits per heavy atom. The van der Waals surface area contributed by atoms with Crippen LogP contribution in [-0.2, 0) is 16.1 Å². The second-order valence-electron chi connectivity index (χ2n) is 6.98. The molecule has 5 heteroatoms. The number of hydrogen-bond acceptors (Lipinski definition) is 4. The summed E-state index contributed by atoms with van der Waals surface area (Å²) in [6.45, 7) is 5.46. The summed E-state index contributed by atoms with van der Waals surface area (Å²) in [7, 11) is 1.70. The summed E-state index contributed by atoms with van der Waals surface area (Å²) < 4.78 is 5.16. The van der Waals surface area contributed by atoms with Crippen LogP contribution in [-0.4, -0.2) is 60.6 Å². The van der Waals surface area contributed by atoms with Crippen LogP contribution in [0, 0.1) is 5.41 Å². The van der Waals surface area contributed by atoms with E-state index in [1.165, 1.54) is 18.4 Å². The van der Waals surface area contributed by atoms with Crippen molar-refractivity contribution in [2.75, 3.05) is 39.9 Å². The number of methoxy groups -OCH3 is 1. The van der Waals surface area contributed by atoms with E-state index in [2.05, 4.69) is 22.0 Å². The number of ether oxygens (including phenoxy) is 1. The molecule has 126 valence electrons. The number of carbonyl (C=O) groups excluding carboxylic acids is 1. The van der Waals surface area contributed by atoms with Gasteiger partial charge < -0.3 is 9.64 Å². The summed E-state index contributed by atoms with van der Waals surface area (Å²) in [5, 5.41) is 0. The molecule has 1 spiro atoms. The van der Waals surface area contributed by atoms with Gasteiger partial charge in [0.25, 0.3) is 0 Å². The molecule has 1 aromatic heterocycles. The molecule has 0 N–H and O–H groups in total. The lowest BCUT2D eigenvalue weighted by Crippen LogP contribution is -2.54. The summed E-state index contributed by atoms with van der Waals surface area (Å²) in [6, 6.07) is 4.19. The van der Waals surface area contributed by atoms with Crippen molar-refractivity contribution >= 4 is 5.91 Å². The maximum Gasteiger partial charge on any atom is 0.222 e. The van der Waals surface area contributed by atoms with Crippen molar-refractivity contribution in [3.63, 3.8) is 0 Å². The Balaban J connectivity index is 1.63. The molecule has 2 aliphatic heterocycles. The molecular weight excluding hydrogens is 290 g/mol. The van der Waals surface area contributed by atoms with E-state index in [4.69, 9.17) is 4.74 Å². The van der Waals surface area contributed by atoms with Gasteiger partial charge in [-0.2, -0.15) is 0 Å². The monoisotopic (exact) mass is 317 g/mol. The normalized spacial score (nSPS) is 26.0. The minimum absolute atomic E-state index is 0.271. The topological polar surface area (TPSA) is 45.7 Å². The molecule has 0 aliphatic carbocycles. The second kappa shape index (κ2) is 7.41. The highest BCUT2D eigenvalue weighted by Gasteiger charge is 2.41. The van der Waals surface area contributed by atoms with E-state index in [9.17, 15) is 4.79 Å². The number of likely N-dealkylation sites (tertiary alicyclic amines) is 2. The van der Waals surface area contributed by atoms with E-state index < -0.39 is 0 Å². The first-order chi connectivity index (χ1) is 11.2. The van der Waals surface area contributed by atoms with Crippen LogP contribution >= 0.6 is 0 Å². The number of aromatic nitrogens is 1. The van der Waals surface area contributed by atoms with Crippen LogP contribution in [0.1, 0.15) is 31.2 Å². The number of hydrogen-bond donors (Lipinski definition) is 0. The van der Waals surface area contributed by atoms with Gasteiger partial charge in [-0.25, -0.2) is 0 Å². The van der Waals surface area contributed by atoms with Gasteiger partial charge in [-0.05, 0) is 43.5 Å². The van der Waals surface area contributed by atoms with Gasteiger partial charge in [0.2, 0.25) is 5.91 Å². The van der Waals surface area contributed by atoms with Gasteiger partial charge in [0.1, 0.15) is 0 Å². The molecule has 1 amide bonds.